The maximum Gasteiger partial charge on any atom is 2.00 e. The zero-order valence-electron chi connectivity index (χ0n) is 7.91. The van der Waals surface area contributed by atoms with Crippen molar-refractivity contribution in [1.82, 2.24) is 0 Å². The normalized spacial score (nSPS) is 0. The largest absolute Gasteiger partial charge is 2.00 e. The molecule has 5 heavy (non-hydrogen) atoms. The van der Waals surface area contributed by atoms with Gasteiger partial charge in [-0.25, -0.2) is 0 Å². The van der Waals surface area contributed by atoms with Gasteiger partial charge in [0.05, 0.1) is 0 Å². The van der Waals surface area contributed by atoms with Crippen molar-refractivity contribution in [3.05, 3.63) is 0 Å². The minimum Gasteiger partial charge on any atom is -1.00 e. The van der Waals surface area contributed by atoms with Crippen LogP contribution in [0.15, 0.2) is 0 Å². The van der Waals surface area contributed by atoms with Crippen molar-refractivity contribution in [2.24, 2.45) is 0 Å². The first-order chi connectivity index (χ1) is 0. The summed E-state index contributed by atoms with van der Waals surface area (Å²) >= 11 is 0. The van der Waals surface area contributed by atoms with Gasteiger partial charge in [-0.1, -0.05) is 0 Å². The molecule has 0 atom stereocenters. The average Bonchev–Trinajstić information content (AvgIpc) is 0. The van der Waals surface area contributed by atoms with E-state index in [1.54, 1.807) is 0 Å². The van der Waals surface area contributed by atoms with Crippen molar-refractivity contribution in [2.75, 3.05) is 0 Å². The first-order valence-corrected chi connectivity index (χ1v) is 0. The van der Waals surface area contributed by atoms with E-state index in [0.717, 1.165) is 0 Å². The van der Waals surface area contributed by atoms with Crippen molar-refractivity contribution in [3.63, 3.8) is 0 Å². The van der Waals surface area contributed by atoms with Gasteiger partial charge in [0.15, 0.2) is 0 Å². The van der Waals surface area contributed by atoms with Crippen LogP contribution in [0.5, 0.6) is 0 Å². The summed E-state index contributed by atoms with van der Waals surface area (Å²) in [5.41, 5.74) is 0. The predicted octanol–water partition coefficient (Wildman–Crippen LogP) is -5.47. The fraction of sp³-hybridized carbons (Fsp3) is 0. The molecule has 0 aromatic carbocycles. The molecule has 0 aliphatic heterocycles. The summed E-state index contributed by atoms with van der Waals surface area (Å²) in [5, 5.41) is 0. The van der Waals surface area contributed by atoms with Gasteiger partial charge in [-0.3, -0.25) is 0 Å². The molecule has 5 heteroatoms. The molecule has 0 fully saturated rings. The van der Waals surface area contributed by atoms with Crippen LogP contribution in [-0.4, -0.2) is 91.9 Å². The minimum absolute atomic E-state index is 0. The molecule has 0 aromatic heterocycles. The Bertz CT molecular complexity index is 19.6. The summed E-state index contributed by atoms with van der Waals surface area (Å²) in [6.45, 7) is 0. The second-order valence-corrected chi connectivity index (χ2v) is 0. The third-order valence-corrected chi connectivity index (χ3v) is 0. The maximum atomic E-state index is 0. The van der Waals surface area contributed by atoms with E-state index in [9.17, 15) is 0 Å². The Balaban J connectivity index is 0. The molecule has 2 N–H and O–H groups in total. The second kappa shape index (κ2) is 25.3. The van der Waals surface area contributed by atoms with E-state index in [4.69, 9.17) is 0 Å². The van der Waals surface area contributed by atoms with Crippen molar-refractivity contribution < 1.29 is 42.2 Å². The molecule has 0 radical (unpaired) electrons. The summed E-state index contributed by atoms with van der Waals surface area (Å²) in [5.74, 6) is 0. The average molecular weight is 158 g/mol. The molecular formula is H11Ca2NaOSi. The third kappa shape index (κ3) is 18.3. The molecule has 1 nitrogen and oxygen atoms in total. The van der Waals surface area contributed by atoms with Crippen molar-refractivity contribution in [1.29, 1.82) is 0 Å². The molecule has 0 unspecified atom stereocenters. The molecule has 0 aliphatic carbocycles. The van der Waals surface area contributed by atoms with Gasteiger partial charge < -0.3 is 12.6 Å². The topological polar surface area (TPSA) is 31.5 Å². The van der Waals surface area contributed by atoms with Gasteiger partial charge in [-0.15, -0.1) is 0 Å². The van der Waals surface area contributed by atoms with Gasteiger partial charge >= 0.3 is 105 Å². The zero-order chi connectivity index (χ0) is 0. The van der Waals surface area contributed by atoms with Crippen LogP contribution in [0.1, 0.15) is 7.13 Å². The Kier molecular flexibility index (Phi) is 190. The summed E-state index contributed by atoms with van der Waals surface area (Å²) in [4.78, 5) is 0. The van der Waals surface area contributed by atoms with E-state index in [2.05, 4.69) is 0 Å². The first kappa shape index (κ1) is 37.7. The number of hydrogen-bond donors (Lipinski definition) is 0. The molecule has 0 bridgehead atoms. The fourth-order valence-electron chi connectivity index (χ4n) is 0. The van der Waals surface area contributed by atoms with E-state index in [-0.39, 0.29) is 129 Å². The smallest absolute Gasteiger partial charge is 1.00 e. The van der Waals surface area contributed by atoms with E-state index in [1.165, 1.54) is 0 Å². The molecule has 0 heterocycles. The maximum absolute atomic E-state index is 0. The van der Waals surface area contributed by atoms with Crippen LogP contribution < -0.4 is 29.6 Å². The Morgan fingerprint density at radius 1 is 1.00 bits per heavy atom. The van der Waals surface area contributed by atoms with Gasteiger partial charge in [0.2, 0.25) is 0 Å². The van der Waals surface area contributed by atoms with Gasteiger partial charge in [-0.05, 0) is 11.0 Å². The van der Waals surface area contributed by atoms with Crippen LogP contribution in [0.25, 0.3) is 0 Å². The van der Waals surface area contributed by atoms with Crippen LogP contribution in [0, 0.1) is 0 Å². The quantitative estimate of drug-likeness (QED) is 0.315. The molecule has 0 saturated carbocycles. The van der Waals surface area contributed by atoms with Gasteiger partial charge in [0.25, 0.3) is 0 Å². The van der Waals surface area contributed by atoms with Crippen molar-refractivity contribution in [3.8, 4) is 0 Å². The number of hydrogen-bond acceptors (Lipinski definition) is 0. The molecule has 0 amide bonds. The zero-order valence-corrected chi connectivity index (χ0v) is 9.33. The minimum atomic E-state index is 0. The predicted molar refractivity (Wildman–Crippen MR) is 32.0 cm³/mol. The summed E-state index contributed by atoms with van der Waals surface area (Å²) in [6.07, 6.45) is 0. The van der Waals surface area contributed by atoms with Crippen LogP contribution in [0.3, 0.4) is 0 Å². The van der Waals surface area contributed by atoms with Crippen molar-refractivity contribution in [2.45, 2.75) is 0 Å². The van der Waals surface area contributed by atoms with E-state index in [0.29, 0.717) is 0 Å². The van der Waals surface area contributed by atoms with E-state index < -0.39 is 0 Å². The molecular weight excluding hydrogens is 147 g/mol. The van der Waals surface area contributed by atoms with E-state index in [1.807, 2.05) is 0 Å². The second-order valence-electron chi connectivity index (χ2n) is 0. The Labute approximate surface area is 126 Å². The standard InChI is InChI=1S/2Ca.Na.H2O.H4Si.5H/h;;;1H2;1H4;;;;;/q2*+2;+1;;;5*-1. The third-order valence-electron chi connectivity index (χ3n) is 0. The Morgan fingerprint density at radius 3 is 1.00 bits per heavy atom. The Morgan fingerprint density at radius 2 is 1.00 bits per heavy atom. The summed E-state index contributed by atoms with van der Waals surface area (Å²) in [7, 11) is 0. The molecule has 26 valence electrons. The SMILES string of the molecule is O.[Ca+2].[Ca+2].[H-].[H-].[H-].[H-].[H-].[Na+].[SiH4]. The summed E-state index contributed by atoms with van der Waals surface area (Å²) < 4.78 is 0. The fourth-order valence-corrected chi connectivity index (χ4v) is 0. The van der Waals surface area contributed by atoms with Gasteiger partial charge in [0.1, 0.15) is 0 Å². The van der Waals surface area contributed by atoms with Crippen LogP contribution in [0.2, 0.25) is 0 Å². The summed E-state index contributed by atoms with van der Waals surface area (Å²) in [6, 6.07) is 0. The van der Waals surface area contributed by atoms with Crippen LogP contribution in [0.4, 0.5) is 0 Å². The number of rotatable bonds is 0. The monoisotopic (exact) mass is 158 g/mol. The molecule has 0 aliphatic rings. The van der Waals surface area contributed by atoms with Crippen LogP contribution in [-0.2, 0) is 0 Å². The van der Waals surface area contributed by atoms with E-state index >= 15 is 0 Å². The van der Waals surface area contributed by atoms with Gasteiger partial charge in [-0.2, -0.15) is 0 Å². The molecule has 0 spiro atoms. The van der Waals surface area contributed by atoms with Crippen LogP contribution >= 0.6 is 0 Å². The molecule has 0 saturated heterocycles. The van der Waals surface area contributed by atoms with Crippen molar-refractivity contribution >= 4 is 86.4 Å². The molecule has 0 aromatic rings. The van der Waals surface area contributed by atoms with Gasteiger partial charge in [0, 0.05) is 0 Å². The Hall–Kier alpha value is 3.70. The first-order valence-electron chi connectivity index (χ1n) is 0. The molecule has 0 rings (SSSR count).